The molecule has 0 saturated carbocycles. The average Bonchev–Trinajstić information content (AvgIpc) is 3.22. The largest absolute Gasteiger partial charge is 0.310 e. The first-order valence-electron chi connectivity index (χ1n) is 7.88. The van der Waals surface area contributed by atoms with Gasteiger partial charge in [0.2, 0.25) is 5.91 Å². The van der Waals surface area contributed by atoms with Gasteiger partial charge in [-0.15, -0.1) is 0 Å². The molecule has 2 N–H and O–H groups in total. The maximum Gasteiger partial charge on any atom is 0.245 e. The number of hydrazine groups is 1. The van der Waals surface area contributed by atoms with E-state index in [1.54, 1.807) is 0 Å². The Morgan fingerprint density at radius 3 is 2.70 bits per heavy atom. The van der Waals surface area contributed by atoms with E-state index in [0.29, 0.717) is 0 Å². The number of nitrogens with zero attached hydrogens (tertiary/aromatic N) is 1. The Morgan fingerprint density at radius 2 is 1.87 bits per heavy atom. The first kappa shape index (κ1) is 14.7. The smallest absolute Gasteiger partial charge is 0.245 e. The molecule has 1 amide bonds. The highest BCUT2D eigenvalue weighted by Crippen LogP contribution is 2.30. The number of anilines is 1. The molecule has 1 fully saturated rings. The number of fused-ring (bicyclic) bond motifs is 1. The van der Waals surface area contributed by atoms with E-state index in [0.717, 1.165) is 35.7 Å². The number of amides is 1. The zero-order valence-corrected chi connectivity index (χ0v) is 13.4. The van der Waals surface area contributed by atoms with E-state index in [2.05, 4.69) is 16.9 Å². The first-order valence-corrected chi connectivity index (χ1v) is 8.26. The van der Waals surface area contributed by atoms with Crippen LogP contribution < -0.4 is 15.8 Å². The summed E-state index contributed by atoms with van der Waals surface area (Å²) in [5.74, 6) is 0.138. The molecule has 1 saturated heterocycles. The van der Waals surface area contributed by atoms with E-state index in [1.807, 2.05) is 47.4 Å². The molecule has 2 heterocycles. The fraction of sp³-hybridized carbons (Fsp3) is 0.278. The van der Waals surface area contributed by atoms with E-state index >= 15 is 0 Å². The normalized spacial score (nSPS) is 23.1. The van der Waals surface area contributed by atoms with Crippen LogP contribution in [-0.2, 0) is 11.2 Å². The van der Waals surface area contributed by atoms with Crippen molar-refractivity contribution in [3.05, 3.63) is 64.7 Å². The van der Waals surface area contributed by atoms with Crippen molar-refractivity contribution < 1.29 is 4.79 Å². The van der Waals surface area contributed by atoms with Gasteiger partial charge in [-0.3, -0.25) is 4.79 Å². The molecular formula is C18H18ClN3O. The maximum atomic E-state index is 12.8. The van der Waals surface area contributed by atoms with E-state index in [9.17, 15) is 4.79 Å². The number of nitrogens with one attached hydrogen (secondary N) is 2. The molecule has 0 bridgehead atoms. The van der Waals surface area contributed by atoms with Gasteiger partial charge < -0.3 is 4.90 Å². The van der Waals surface area contributed by atoms with Gasteiger partial charge in [-0.2, -0.15) is 0 Å². The van der Waals surface area contributed by atoms with Crippen molar-refractivity contribution in [3.63, 3.8) is 0 Å². The van der Waals surface area contributed by atoms with E-state index < -0.39 is 0 Å². The van der Waals surface area contributed by atoms with Crippen LogP contribution in [0.2, 0.25) is 5.02 Å². The topological polar surface area (TPSA) is 44.4 Å². The zero-order chi connectivity index (χ0) is 15.8. The summed E-state index contributed by atoms with van der Waals surface area (Å²) in [6.07, 6.45) is 1.67. The summed E-state index contributed by atoms with van der Waals surface area (Å²) in [7, 11) is 0. The van der Waals surface area contributed by atoms with Crippen molar-refractivity contribution >= 4 is 23.2 Å². The summed E-state index contributed by atoms with van der Waals surface area (Å²) < 4.78 is 0. The minimum absolute atomic E-state index is 0.124. The number of hydrogen-bond acceptors (Lipinski definition) is 3. The number of para-hydroxylation sites is 1. The first-order chi connectivity index (χ1) is 11.2. The fourth-order valence-corrected chi connectivity index (χ4v) is 3.51. The number of halogens is 1. The third-order valence-corrected chi connectivity index (χ3v) is 4.88. The molecular weight excluding hydrogens is 310 g/mol. The molecule has 0 aromatic heterocycles. The van der Waals surface area contributed by atoms with Crippen LogP contribution in [0.4, 0.5) is 5.69 Å². The highest BCUT2D eigenvalue weighted by Gasteiger charge is 2.35. The summed E-state index contributed by atoms with van der Waals surface area (Å²) in [5, 5.41) is 0.723. The fourth-order valence-electron chi connectivity index (χ4n) is 3.39. The quantitative estimate of drug-likeness (QED) is 0.891. The van der Waals surface area contributed by atoms with Crippen LogP contribution in [0, 0.1) is 0 Å². The summed E-state index contributed by atoms with van der Waals surface area (Å²) in [6.45, 7) is 0.766. The second-order valence-corrected chi connectivity index (χ2v) is 6.49. The molecule has 4 nitrogen and oxygen atoms in total. The zero-order valence-electron chi connectivity index (χ0n) is 12.6. The predicted octanol–water partition coefficient (Wildman–Crippen LogP) is 2.84. The van der Waals surface area contributed by atoms with Gasteiger partial charge in [0.15, 0.2) is 0 Å². The van der Waals surface area contributed by atoms with Crippen molar-refractivity contribution in [1.82, 2.24) is 10.9 Å². The summed E-state index contributed by atoms with van der Waals surface area (Å²) in [5.41, 5.74) is 9.82. The van der Waals surface area contributed by atoms with Gasteiger partial charge in [0.1, 0.15) is 6.04 Å². The Morgan fingerprint density at radius 1 is 1.09 bits per heavy atom. The molecule has 118 valence electrons. The van der Waals surface area contributed by atoms with Crippen LogP contribution in [0.5, 0.6) is 0 Å². The molecule has 2 aliphatic heterocycles. The summed E-state index contributed by atoms with van der Waals surface area (Å²) >= 11 is 5.93. The summed E-state index contributed by atoms with van der Waals surface area (Å²) in [6, 6.07) is 15.8. The Kier molecular flexibility index (Phi) is 3.81. The molecule has 0 spiro atoms. The molecule has 2 unspecified atom stereocenters. The lowest BCUT2D eigenvalue weighted by Gasteiger charge is -2.21. The average molecular weight is 328 g/mol. The lowest BCUT2D eigenvalue weighted by atomic mass is 10.0. The second kappa shape index (κ2) is 5.96. The number of benzene rings is 2. The van der Waals surface area contributed by atoms with Crippen LogP contribution in [-0.4, -0.2) is 18.5 Å². The molecule has 5 heteroatoms. The number of rotatable bonds is 2. The molecule has 2 aromatic rings. The minimum atomic E-state index is -0.207. The highest BCUT2D eigenvalue weighted by molar-refractivity contribution is 6.30. The van der Waals surface area contributed by atoms with Gasteiger partial charge in [-0.1, -0.05) is 41.9 Å². The molecule has 0 radical (unpaired) electrons. The third-order valence-electron chi connectivity index (χ3n) is 4.63. The Balaban J connectivity index is 1.48. The monoisotopic (exact) mass is 327 g/mol. The van der Waals surface area contributed by atoms with Gasteiger partial charge in [0, 0.05) is 23.3 Å². The number of hydrogen-bond donors (Lipinski definition) is 2. The Labute approximate surface area is 140 Å². The lowest BCUT2D eigenvalue weighted by Crippen LogP contribution is -2.45. The third kappa shape index (κ3) is 2.74. The lowest BCUT2D eigenvalue weighted by molar-refractivity contribution is -0.120. The van der Waals surface area contributed by atoms with Crippen molar-refractivity contribution in [2.75, 3.05) is 11.4 Å². The molecule has 2 atom stereocenters. The Hall–Kier alpha value is -1.88. The maximum absolute atomic E-state index is 12.8. The van der Waals surface area contributed by atoms with E-state index in [1.165, 1.54) is 5.56 Å². The van der Waals surface area contributed by atoms with Crippen LogP contribution in [0.3, 0.4) is 0 Å². The second-order valence-electron chi connectivity index (χ2n) is 6.05. The van der Waals surface area contributed by atoms with Gasteiger partial charge >= 0.3 is 0 Å². The van der Waals surface area contributed by atoms with Crippen molar-refractivity contribution in [3.8, 4) is 0 Å². The molecule has 4 rings (SSSR count). The number of carbonyl (C=O) groups is 1. The van der Waals surface area contributed by atoms with E-state index in [-0.39, 0.29) is 18.0 Å². The van der Waals surface area contributed by atoms with Crippen LogP contribution in [0.1, 0.15) is 23.6 Å². The van der Waals surface area contributed by atoms with Crippen LogP contribution in [0.15, 0.2) is 48.5 Å². The van der Waals surface area contributed by atoms with E-state index in [4.69, 9.17) is 11.6 Å². The van der Waals surface area contributed by atoms with Crippen molar-refractivity contribution in [1.29, 1.82) is 0 Å². The van der Waals surface area contributed by atoms with Gasteiger partial charge in [-0.05, 0) is 42.2 Å². The highest BCUT2D eigenvalue weighted by atomic mass is 35.5. The van der Waals surface area contributed by atoms with Crippen LogP contribution >= 0.6 is 11.6 Å². The summed E-state index contributed by atoms with van der Waals surface area (Å²) in [4.78, 5) is 14.7. The molecule has 0 aliphatic carbocycles. The van der Waals surface area contributed by atoms with Gasteiger partial charge in [0.25, 0.3) is 0 Å². The molecule has 2 aliphatic rings. The van der Waals surface area contributed by atoms with Crippen molar-refractivity contribution in [2.45, 2.75) is 24.9 Å². The predicted molar refractivity (Wildman–Crippen MR) is 91.4 cm³/mol. The SMILES string of the molecule is O=C(C1CC(c2ccc(Cl)cc2)NN1)N1CCc2ccccc21. The van der Waals surface area contributed by atoms with Gasteiger partial charge in [-0.25, -0.2) is 10.9 Å². The molecule has 23 heavy (non-hydrogen) atoms. The van der Waals surface area contributed by atoms with Gasteiger partial charge in [0.05, 0.1) is 0 Å². The van der Waals surface area contributed by atoms with Crippen molar-refractivity contribution in [2.24, 2.45) is 0 Å². The number of carbonyl (C=O) groups excluding carboxylic acids is 1. The van der Waals surface area contributed by atoms with Crippen LogP contribution in [0.25, 0.3) is 0 Å². The minimum Gasteiger partial charge on any atom is -0.310 e. The molecule has 2 aromatic carbocycles. The standard InChI is InChI=1S/C18H18ClN3O/c19-14-7-5-12(6-8-14)15-11-16(21-20-15)18(23)22-10-9-13-3-1-2-4-17(13)22/h1-8,15-16,20-21H,9-11H2. The Bertz CT molecular complexity index is 731.